The highest BCUT2D eigenvalue weighted by Crippen LogP contribution is 2.13. The van der Waals surface area contributed by atoms with Gasteiger partial charge < -0.3 is 9.67 Å². The fourth-order valence-electron chi connectivity index (χ4n) is 1.20. The van der Waals surface area contributed by atoms with E-state index in [1.54, 1.807) is 6.92 Å². The number of carboxylic acids is 1. The van der Waals surface area contributed by atoms with E-state index in [0.717, 1.165) is 6.07 Å². The van der Waals surface area contributed by atoms with Gasteiger partial charge in [0.2, 0.25) is 10.0 Å². The molecule has 0 radical (unpaired) electrons. The van der Waals surface area contributed by atoms with E-state index in [0.29, 0.717) is 5.57 Å². The molecule has 0 saturated heterocycles. The lowest BCUT2D eigenvalue weighted by Crippen LogP contribution is -2.24. The Hall–Kier alpha value is -1.60. The van der Waals surface area contributed by atoms with Gasteiger partial charge in [0.1, 0.15) is 10.6 Å². The lowest BCUT2D eigenvalue weighted by Gasteiger charge is -2.03. The largest absolute Gasteiger partial charge is 0.477 e. The Morgan fingerprint density at radius 3 is 2.59 bits per heavy atom. The number of sulfonamides is 1. The lowest BCUT2D eigenvalue weighted by molar-refractivity contribution is 0.0686. The highest BCUT2D eigenvalue weighted by molar-refractivity contribution is 7.89. The van der Waals surface area contributed by atoms with Gasteiger partial charge in [-0.25, -0.2) is 17.9 Å². The fraction of sp³-hybridized carbons (Fsp3) is 0.300. The van der Waals surface area contributed by atoms with Crippen LogP contribution in [-0.4, -0.2) is 30.6 Å². The van der Waals surface area contributed by atoms with Gasteiger partial charge in [0.05, 0.1) is 0 Å². The molecule has 0 spiro atoms. The first-order valence-corrected chi connectivity index (χ1v) is 6.26. The van der Waals surface area contributed by atoms with Crippen molar-refractivity contribution >= 4 is 16.0 Å². The van der Waals surface area contributed by atoms with Crippen molar-refractivity contribution in [2.45, 2.75) is 11.8 Å². The molecule has 0 bridgehead atoms. The van der Waals surface area contributed by atoms with Crippen LogP contribution in [0.5, 0.6) is 0 Å². The molecule has 1 heterocycles. The molecule has 7 heteroatoms. The van der Waals surface area contributed by atoms with Crippen molar-refractivity contribution in [1.82, 2.24) is 9.29 Å². The minimum absolute atomic E-state index is 0.0707. The highest BCUT2D eigenvalue weighted by atomic mass is 32.2. The highest BCUT2D eigenvalue weighted by Gasteiger charge is 2.19. The number of hydrogen-bond donors (Lipinski definition) is 2. The van der Waals surface area contributed by atoms with Crippen LogP contribution in [0.3, 0.4) is 0 Å². The van der Waals surface area contributed by atoms with E-state index >= 15 is 0 Å². The summed E-state index contributed by atoms with van der Waals surface area (Å²) in [4.78, 5) is 10.7. The topological polar surface area (TPSA) is 88.4 Å². The number of nitrogens with zero attached hydrogens (tertiary/aromatic N) is 1. The standard InChI is InChI=1S/C10H14N2O4S/c1-7(2)5-11-17(15,16)8-4-9(10(13)14)12(3)6-8/h4,6,11H,1,5H2,2-3H3,(H,13,14). The van der Waals surface area contributed by atoms with Crippen LogP contribution in [0, 0.1) is 0 Å². The quantitative estimate of drug-likeness (QED) is 0.756. The first-order valence-electron chi connectivity index (χ1n) is 4.78. The second-order valence-electron chi connectivity index (χ2n) is 3.76. The molecule has 0 aliphatic rings. The Kier molecular flexibility index (Phi) is 3.74. The molecule has 17 heavy (non-hydrogen) atoms. The van der Waals surface area contributed by atoms with Crippen molar-refractivity contribution in [2.75, 3.05) is 6.54 Å². The number of aromatic nitrogens is 1. The van der Waals surface area contributed by atoms with Gasteiger partial charge in [-0.2, -0.15) is 0 Å². The predicted octanol–water partition coefficient (Wildman–Crippen LogP) is 0.578. The summed E-state index contributed by atoms with van der Waals surface area (Å²) in [5, 5.41) is 8.81. The van der Waals surface area contributed by atoms with Crippen LogP contribution in [0.4, 0.5) is 0 Å². The third-order valence-corrected chi connectivity index (χ3v) is 3.44. The maximum Gasteiger partial charge on any atom is 0.352 e. The zero-order valence-corrected chi connectivity index (χ0v) is 10.4. The number of aryl methyl sites for hydroxylation is 1. The fourth-order valence-corrected chi connectivity index (χ4v) is 2.36. The Labute approximate surface area is 99.6 Å². The van der Waals surface area contributed by atoms with E-state index in [1.165, 1.54) is 17.8 Å². The smallest absolute Gasteiger partial charge is 0.352 e. The third kappa shape index (κ3) is 3.18. The Bertz CT molecular complexity index is 557. The average Bonchev–Trinajstić information content (AvgIpc) is 2.58. The number of carbonyl (C=O) groups is 1. The number of carboxylic acid groups (broad SMARTS) is 1. The second-order valence-corrected chi connectivity index (χ2v) is 5.53. The molecular formula is C10H14N2O4S. The van der Waals surface area contributed by atoms with E-state index in [2.05, 4.69) is 11.3 Å². The maximum atomic E-state index is 11.8. The summed E-state index contributed by atoms with van der Waals surface area (Å²) in [6, 6.07) is 1.11. The SMILES string of the molecule is C=C(C)CNS(=O)(=O)c1cc(C(=O)O)n(C)c1. The van der Waals surface area contributed by atoms with Crippen molar-refractivity contribution in [2.24, 2.45) is 7.05 Å². The molecule has 0 aliphatic heterocycles. The molecule has 1 aromatic heterocycles. The van der Waals surface area contributed by atoms with Gasteiger partial charge in [0.15, 0.2) is 0 Å². The molecule has 0 atom stereocenters. The Morgan fingerprint density at radius 1 is 1.59 bits per heavy atom. The predicted molar refractivity (Wildman–Crippen MR) is 62.4 cm³/mol. The van der Waals surface area contributed by atoms with Crippen molar-refractivity contribution in [1.29, 1.82) is 0 Å². The summed E-state index contributed by atoms with van der Waals surface area (Å²) in [7, 11) is -2.21. The summed E-state index contributed by atoms with van der Waals surface area (Å²) in [5.74, 6) is -1.17. The molecule has 0 fully saturated rings. The van der Waals surface area contributed by atoms with Crippen molar-refractivity contribution < 1.29 is 18.3 Å². The zero-order valence-electron chi connectivity index (χ0n) is 9.60. The van der Waals surface area contributed by atoms with Gasteiger partial charge in [-0.05, 0) is 13.0 Å². The molecule has 6 nitrogen and oxygen atoms in total. The zero-order chi connectivity index (χ0) is 13.2. The number of rotatable bonds is 5. The van der Waals surface area contributed by atoms with Gasteiger partial charge in [0.25, 0.3) is 0 Å². The van der Waals surface area contributed by atoms with Crippen molar-refractivity contribution in [3.63, 3.8) is 0 Å². The first-order chi connectivity index (χ1) is 7.74. The van der Waals surface area contributed by atoms with E-state index in [1.807, 2.05) is 0 Å². The van der Waals surface area contributed by atoms with E-state index in [9.17, 15) is 13.2 Å². The number of aromatic carboxylic acids is 1. The van der Waals surface area contributed by atoms with Crippen molar-refractivity contribution in [3.8, 4) is 0 Å². The molecular weight excluding hydrogens is 244 g/mol. The molecule has 0 saturated carbocycles. The molecule has 0 aromatic carbocycles. The van der Waals surface area contributed by atoms with Gasteiger partial charge in [-0.1, -0.05) is 12.2 Å². The first kappa shape index (κ1) is 13.5. The van der Waals surface area contributed by atoms with E-state index < -0.39 is 16.0 Å². The maximum absolute atomic E-state index is 11.8. The summed E-state index contributed by atoms with van der Waals surface area (Å²) >= 11 is 0. The molecule has 2 N–H and O–H groups in total. The Balaban J connectivity index is 3.04. The third-order valence-electron chi connectivity index (χ3n) is 2.07. The lowest BCUT2D eigenvalue weighted by atomic mass is 10.4. The van der Waals surface area contributed by atoms with Crippen molar-refractivity contribution in [3.05, 3.63) is 30.1 Å². The molecule has 1 rings (SSSR count). The summed E-state index contributed by atoms with van der Waals surface area (Å²) in [6.07, 6.45) is 1.25. The van der Waals surface area contributed by atoms with Gasteiger partial charge in [-0.3, -0.25) is 0 Å². The van der Waals surface area contributed by atoms with Gasteiger partial charge >= 0.3 is 5.97 Å². The van der Waals surface area contributed by atoms with Crippen LogP contribution in [0.2, 0.25) is 0 Å². The van der Waals surface area contributed by atoms with Crippen LogP contribution in [0.1, 0.15) is 17.4 Å². The molecule has 0 unspecified atom stereocenters. The molecule has 0 aliphatic carbocycles. The normalized spacial score (nSPS) is 11.4. The van der Waals surface area contributed by atoms with E-state index in [4.69, 9.17) is 5.11 Å². The molecule has 1 aromatic rings. The summed E-state index contributed by atoms with van der Waals surface area (Å²) in [5.41, 5.74) is 0.587. The molecule has 94 valence electrons. The second kappa shape index (κ2) is 4.72. The van der Waals surface area contributed by atoms with Crippen LogP contribution in [-0.2, 0) is 17.1 Å². The van der Waals surface area contributed by atoms with Gasteiger partial charge in [-0.15, -0.1) is 0 Å². The van der Waals surface area contributed by atoms with Crippen LogP contribution >= 0.6 is 0 Å². The van der Waals surface area contributed by atoms with Gasteiger partial charge in [0, 0.05) is 19.8 Å². The summed E-state index contributed by atoms with van der Waals surface area (Å²) < 4.78 is 27.1. The van der Waals surface area contributed by atoms with Crippen LogP contribution in [0.15, 0.2) is 29.3 Å². The monoisotopic (exact) mass is 258 g/mol. The van der Waals surface area contributed by atoms with Crippen LogP contribution < -0.4 is 4.72 Å². The minimum Gasteiger partial charge on any atom is -0.477 e. The minimum atomic E-state index is -3.69. The number of hydrogen-bond acceptors (Lipinski definition) is 3. The molecule has 0 amide bonds. The Morgan fingerprint density at radius 2 is 2.18 bits per heavy atom. The summed E-state index contributed by atoms with van der Waals surface area (Å²) in [6.45, 7) is 5.39. The van der Waals surface area contributed by atoms with Crippen LogP contribution in [0.25, 0.3) is 0 Å². The van der Waals surface area contributed by atoms with E-state index in [-0.39, 0.29) is 17.1 Å². The average molecular weight is 258 g/mol. The number of nitrogens with one attached hydrogen (secondary N) is 1.